The molecule has 0 radical (unpaired) electrons. The highest BCUT2D eigenvalue weighted by Gasteiger charge is 2.19. The van der Waals surface area contributed by atoms with Crippen LogP contribution in [0.2, 0.25) is 0 Å². The Morgan fingerprint density at radius 3 is 2.42 bits per heavy atom. The minimum atomic E-state index is -0.123. The second kappa shape index (κ2) is 7.32. The van der Waals surface area contributed by atoms with Crippen LogP contribution >= 0.6 is 0 Å². The van der Waals surface area contributed by atoms with Crippen LogP contribution in [0.15, 0.2) is 48.5 Å². The molecule has 26 heavy (non-hydrogen) atoms. The standard InChI is InChI=1S/C22H27N3O/c1-5-8-19(20-23-17-9-6-7-10-18(17)24-20)25-21(26)15-11-13-16(14-12-15)22(2,3)4/h6-7,9-14,19H,5,8H2,1-4H3,(H,23,24)(H,25,26)/t19-/m0/s1. The number of hydrogen-bond acceptors (Lipinski definition) is 2. The van der Waals surface area contributed by atoms with Crippen LogP contribution in [-0.4, -0.2) is 15.9 Å². The van der Waals surface area contributed by atoms with Gasteiger partial charge in [0.15, 0.2) is 0 Å². The van der Waals surface area contributed by atoms with Gasteiger partial charge in [-0.05, 0) is 41.7 Å². The fraction of sp³-hybridized carbons (Fsp3) is 0.364. The van der Waals surface area contributed by atoms with Gasteiger partial charge in [-0.1, -0.05) is 58.4 Å². The van der Waals surface area contributed by atoms with Gasteiger partial charge >= 0.3 is 0 Å². The maximum atomic E-state index is 12.7. The lowest BCUT2D eigenvalue weighted by Crippen LogP contribution is -2.29. The summed E-state index contributed by atoms with van der Waals surface area (Å²) in [6, 6.07) is 15.7. The van der Waals surface area contributed by atoms with Crippen molar-refractivity contribution in [3.05, 3.63) is 65.5 Å². The molecule has 0 aliphatic heterocycles. The predicted octanol–water partition coefficient (Wildman–Crippen LogP) is 5.13. The Morgan fingerprint density at radius 1 is 1.12 bits per heavy atom. The molecule has 0 aliphatic rings. The van der Waals surface area contributed by atoms with Crippen LogP contribution in [0.4, 0.5) is 0 Å². The summed E-state index contributed by atoms with van der Waals surface area (Å²) in [5.74, 6) is 0.747. The number of nitrogens with zero attached hydrogens (tertiary/aromatic N) is 1. The monoisotopic (exact) mass is 349 g/mol. The number of fused-ring (bicyclic) bond motifs is 1. The van der Waals surface area contributed by atoms with E-state index in [1.165, 1.54) is 5.56 Å². The maximum Gasteiger partial charge on any atom is 0.251 e. The number of carbonyl (C=O) groups is 1. The Morgan fingerprint density at radius 2 is 1.81 bits per heavy atom. The summed E-state index contributed by atoms with van der Waals surface area (Å²) in [6.45, 7) is 8.61. The number of benzene rings is 2. The average Bonchev–Trinajstić information content (AvgIpc) is 3.04. The molecule has 1 atom stereocenters. The zero-order valence-corrected chi connectivity index (χ0v) is 16.0. The van der Waals surface area contributed by atoms with Crippen LogP contribution in [0.1, 0.15) is 68.3 Å². The van der Waals surface area contributed by atoms with Crippen molar-refractivity contribution in [2.45, 2.75) is 52.0 Å². The van der Waals surface area contributed by atoms with Gasteiger partial charge in [-0.2, -0.15) is 0 Å². The summed E-state index contributed by atoms with van der Waals surface area (Å²) < 4.78 is 0. The smallest absolute Gasteiger partial charge is 0.251 e. The molecular weight excluding hydrogens is 322 g/mol. The second-order valence-corrected chi connectivity index (χ2v) is 7.78. The van der Waals surface area contributed by atoms with E-state index in [2.05, 4.69) is 43.0 Å². The van der Waals surface area contributed by atoms with E-state index in [-0.39, 0.29) is 17.4 Å². The largest absolute Gasteiger partial charge is 0.342 e. The highest BCUT2D eigenvalue weighted by Crippen LogP contribution is 2.23. The van der Waals surface area contributed by atoms with Gasteiger partial charge in [0.2, 0.25) is 0 Å². The van der Waals surface area contributed by atoms with Gasteiger partial charge in [0, 0.05) is 5.56 Å². The molecule has 0 saturated heterocycles. The number of hydrogen-bond donors (Lipinski definition) is 2. The molecule has 0 fully saturated rings. The van der Waals surface area contributed by atoms with Crippen LogP contribution in [0.25, 0.3) is 11.0 Å². The molecule has 2 N–H and O–H groups in total. The van der Waals surface area contributed by atoms with E-state index in [4.69, 9.17) is 0 Å². The molecule has 3 aromatic rings. The van der Waals surface area contributed by atoms with Crippen LogP contribution in [0.5, 0.6) is 0 Å². The van der Waals surface area contributed by atoms with Crippen LogP contribution in [0, 0.1) is 0 Å². The Balaban J connectivity index is 1.80. The number of carbonyl (C=O) groups excluding carboxylic acids is 1. The lowest BCUT2D eigenvalue weighted by molar-refractivity contribution is 0.0932. The van der Waals surface area contributed by atoms with Crippen molar-refractivity contribution in [1.29, 1.82) is 0 Å². The first-order valence-corrected chi connectivity index (χ1v) is 9.24. The fourth-order valence-corrected chi connectivity index (χ4v) is 3.07. The van der Waals surface area contributed by atoms with Gasteiger partial charge < -0.3 is 10.3 Å². The topological polar surface area (TPSA) is 57.8 Å². The van der Waals surface area contributed by atoms with Crippen LogP contribution in [-0.2, 0) is 5.41 Å². The Labute approximate surface area is 155 Å². The SMILES string of the molecule is CCC[C@H](NC(=O)c1ccc(C(C)(C)C)cc1)c1nc2ccccc2[nH]1. The molecule has 2 aromatic carbocycles. The van der Waals surface area contributed by atoms with Crippen molar-refractivity contribution in [2.75, 3.05) is 0 Å². The van der Waals surface area contributed by atoms with E-state index in [9.17, 15) is 4.79 Å². The molecule has 0 spiro atoms. The third-order valence-corrected chi connectivity index (χ3v) is 4.63. The summed E-state index contributed by atoms with van der Waals surface area (Å²) in [7, 11) is 0. The number of nitrogens with one attached hydrogen (secondary N) is 2. The van der Waals surface area contributed by atoms with E-state index >= 15 is 0 Å². The van der Waals surface area contributed by atoms with E-state index in [0.29, 0.717) is 5.56 Å². The highest BCUT2D eigenvalue weighted by molar-refractivity contribution is 5.94. The zero-order valence-electron chi connectivity index (χ0n) is 16.0. The zero-order chi connectivity index (χ0) is 18.7. The van der Waals surface area contributed by atoms with Crippen LogP contribution in [0.3, 0.4) is 0 Å². The van der Waals surface area contributed by atoms with Crippen LogP contribution < -0.4 is 5.32 Å². The molecule has 1 aromatic heterocycles. The molecule has 0 saturated carbocycles. The minimum absolute atomic E-state index is 0.0654. The number of amides is 1. The minimum Gasteiger partial charge on any atom is -0.342 e. The first kappa shape index (κ1) is 18.2. The number of imidazole rings is 1. The van der Waals surface area contributed by atoms with Gasteiger partial charge in [-0.15, -0.1) is 0 Å². The van der Waals surface area contributed by atoms with Crippen molar-refractivity contribution in [2.24, 2.45) is 0 Å². The first-order valence-electron chi connectivity index (χ1n) is 9.24. The molecule has 0 bridgehead atoms. The molecular formula is C22H27N3O. The molecule has 0 unspecified atom stereocenters. The summed E-state index contributed by atoms with van der Waals surface area (Å²) in [5, 5.41) is 3.14. The molecule has 4 heteroatoms. The van der Waals surface area contributed by atoms with Crippen molar-refractivity contribution in [3.63, 3.8) is 0 Å². The molecule has 4 nitrogen and oxygen atoms in total. The second-order valence-electron chi connectivity index (χ2n) is 7.78. The van der Waals surface area contributed by atoms with E-state index < -0.39 is 0 Å². The predicted molar refractivity (Wildman–Crippen MR) is 106 cm³/mol. The normalized spacial score (nSPS) is 12.9. The third kappa shape index (κ3) is 3.96. The lowest BCUT2D eigenvalue weighted by Gasteiger charge is -2.20. The van der Waals surface area contributed by atoms with E-state index in [1.807, 2.05) is 48.5 Å². The summed E-state index contributed by atoms with van der Waals surface area (Å²) in [4.78, 5) is 20.7. The number of H-pyrrole nitrogens is 1. The number of para-hydroxylation sites is 2. The average molecular weight is 349 g/mol. The van der Waals surface area contributed by atoms with Gasteiger partial charge in [0.05, 0.1) is 17.1 Å². The Bertz CT molecular complexity index is 855. The summed E-state index contributed by atoms with van der Waals surface area (Å²) >= 11 is 0. The van der Waals surface area contributed by atoms with Crippen molar-refractivity contribution >= 4 is 16.9 Å². The van der Waals surface area contributed by atoms with Gasteiger partial charge in [-0.25, -0.2) is 4.98 Å². The highest BCUT2D eigenvalue weighted by atomic mass is 16.1. The lowest BCUT2D eigenvalue weighted by atomic mass is 9.86. The van der Waals surface area contributed by atoms with Gasteiger partial charge in [0.1, 0.15) is 5.82 Å². The number of aromatic amines is 1. The number of aromatic nitrogens is 2. The molecule has 3 rings (SSSR count). The summed E-state index contributed by atoms with van der Waals surface area (Å²) in [5.41, 5.74) is 3.89. The maximum absolute atomic E-state index is 12.7. The Hall–Kier alpha value is -2.62. The van der Waals surface area contributed by atoms with Crippen molar-refractivity contribution in [3.8, 4) is 0 Å². The molecule has 136 valence electrons. The van der Waals surface area contributed by atoms with E-state index in [1.54, 1.807) is 0 Å². The van der Waals surface area contributed by atoms with E-state index in [0.717, 1.165) is 29.7 Å². The molecule has 0 aliphatic carbocycles. The third-order valence-electron chi connectivity index (χ3n) is 4.63. The number of rotatable bonds is 5. The quantitative estimate of drug-likeness (QED) is 0.671. The molecule has 1 heterocycles. The van der Waals surface area contributed by atoms with Crippen molar-refractivity contribution in [1.82, 2.24) is 15.3 Å². The molecule has 1 amide bonds. The fourth-order valence-electron chi connectivity index (χ4n) is 3.07. The summed E-state index contributed by atoms with van der Waals surface area (Å²) in [6.07, 6.45) is 1.80. The first-order chi connectivity index (χ1) is 12.4. The van der Waals surface area contributed by atoms with Gasteiger partial charge in [0.25, 0.3) is 5.91 Å². The van der Waals surface area contributed by atoms with Gasteiger partial charge in [-0.3, -0.25) is 4.79 Å². The Kier molecular flexibility index (Phi) is 5.12. The van der Waals surface area contributed by atoms with Crippen molar-refractivity contribution < 1.29 is 4.79 Å².